The predicted molar refractivity (Wildman–Crippen MR) is 70.3 cm³/mol. The van der Waals surface area contributed by atoms with E-state index < -0.39 is 5.97 Å². The quantitative estimate of drug-likeness (QED) is 0.917. The normalized spacial score (nSPS) is 10.7. The van der Waals surface area contributed by atoms with Crippen LogP contribution in [0.4, 0.5) is 0 Å². The highest BCUT2D eigenvalue weighted by Crippen LogP contribution is 2.29. The van der Waals surface area contributed by atoms with Gasteiger partial charge in [0.1, 0.15) is 10.7 Å². The number of carboxylic acids is 1. The number of carbonyl (C=O) groups is 1. The summed E-state index contributed by atoms with van der Waals surface area (Å²) < 4.78 is 1.28. The number of carboxylic acid groups (broad SMARTS) is 1. The van der Waals surface area contributed by atoms with Crippen LogP contribution in [-0.4, -0.2) is 20.9 Å². The van der Waals surface area contributed by atoms with Gasteiger partial charge in [0.05, 0.1) is 16.4 Å². The van der Waals surface area contributed by atoms with Crippen molar-refractivity contribution < 1.29 is 9.90 Å². The van der Waals surface area contributed by atoms with E-state index in [2.05, 4.69) is 5.10 Å². The van der Waals surface area contributed by atoms with Crippen LogP contribution in [0.1, 0.15) is 16.1 Å². The SMILES string of the molecule is Cc1nn(-c2ccc(Cl)cc2Cl)c(Cl)c1C(=O)O. The molecule has 94 valence electrons. The molecular formula is C11H7Cl3N2O2. The predicted octanol–water partition coefficient (Wildman–Crippen LogP) is 3.84. The Morgan fingerprint density at radius 1 is 1.33 bits per heavy atom. The van der Waals surface area contributed by atoms with E-state index >= 15 is 0 Å². The van der Waals surface area contributed by atoms with Crippen LogP contribution in [0.2, 0.25) is 15.2 Å². The van der Waals surface area contributed by atoms with Crippen LogP contribution in [0, 0.1) is 6.92 Å². The Morgan fingerprint density at radius 3 is 2.50 bits per heavy atom. The fraction of sp³-hybridized carbons (Fsp3) is 0.0909. The molecule has 0 amide bonds. The molecule has 7 heteroatoms. The zero-order valence-electron chi connectivity index (χ0n) is 9.12. The molecule has 18 heavy (non-hydrogen) atoms. The van der Waals surface area contributed by atoms with Gasteiger partial charge in [-0.25, -0.2) is 9.48 Å². The number of hydrogen-bond acceptors (Lipinski definition) is 2. The number of rotatable bonds is 2. The Morgan fingerprint density at radius 2 is 2.00 bits per heavy atom. The fourth-order valence-electron chi connectivity index (χ4n) is 1.55. The first-order valence-electron chi connectivity index (χ1n) is 4.85. The lowest BCUT2D eigenvalue weighted by Gasteiger charge is -2.05. The minimum atomic E-state index is -1.13. The van der Waals surface area contributed by atoms with Gasteiger partial charge in [-0.1, -0.05) is 34.8 Å². The molecule has 0 spiro atoms. The summed E-state index contributed by atoms with van der Waals surface area (Å²) in [5.41, 5.74) is 0.753. The second-order valence-corrected chi connectivity index (χ2v) is 4.77. The van der Waals surface area contributed by atoms with Crippen LogP contribution in [0.3, 0.4) is 0 Å². The summed E-state index contributed by atoms with van der Waals surface area (Å²) in [6.45, 7) is 1.57. The Kier molecular flexibility index (Phi) is 3.52. The molecule has 0 aliphatic carbocycles. The van der Waals surface area contributed by atoms with E-state index in [1.807, 2.05) is 0 Å². The van der Waals surface area contributed by atoms with Gasteiger partial charge in [0, 0.05) is 5.02 Å². The summed E-state index contributed by atoms with van der Waals surface area (Å²) in [5, 5.41) is 13.9. The number of aromatic nitrogens is 2. The first-order chi connectivity index (χ1) is 8.41. The van der Waals surface area contributed by atoms with E-state index in [0.717, 1.165) is 0 Å². The van der Waals surface area contributed by atoms with Crippen molar-refractivity contribution in [3.63, 3.8) is 0 Å². The third-order valence-corrected chi connectivity index (χ3v) is 3.24. The summed E-state index contributed by atoms with van der Waals surface area (Å²) in [6, 6.07) is 4.78. The van der Waals surface area contributed by atoms with Gasteiger partial charge in [-0.2, -0.15) is 5.10 Å². The Bertz CT molecular complexity index is 637. The van der Waals surface area contributed by atoms with Crippen molar-refractivity contribution in [2.45, 2.75) is 6.92 Å². The van der Waals surface area contributed by atoms with Crippen molar-refractivity contribution in [3.05, 3.63) is 44.7 Å². The lowest BCUT2D eigenvalue weighted by molar-refractivity contribution is 0.0696. The van der Waals surface area contributed by atoms with Crippen LogP contribution in [0.15, 0.2) is 18.2 Å². The Labute approximate surface area is 118 Å². The summed E-state index contributed by atoms with van der Waals surface area (Å²) in [6.07, 6.45) is 0. The van der Waals surface area contributed by atoms with Crippen molar-refractivity contribution in [3.8, 4) is 5.69 Å². The van der Waals surface area contributed by atoms with Gasteiger partial charge in [-0.3, -0.25) is 0 Å². The zero-order valence-corrected chi connectivity index (χ0v) is 11.4. The van der Waals surface area contributed by atoms with Gasteiger partial charge >= 0.3 is 5.97 Å². The van der Waals surface area contributed by atoms with Crippen molar-refractivity contribution in [2.24, 2.45) is 0 Å². The maximum atomic E-state index is 11.0. The van der Waals surface area contributed by atoms with Crippen LogP contribution < -0.4 is 0 Å². The van der Waals surface area contributed by atoms with Crippen LogP contribution in [0.5, 0.6) is 0 Å². The summed E-state index contributed by atoms with van der Waals surface area (Å²) in [7, 11) is 0. The number of aryl methyl sites for hydroxylation is 1. The monoisotopic (exact) mass is 304 g/mol. The standard InChI is InChI=1S/C11H7Cl3N2O2/c1-5-9(11(17)18)10(14)16(15-5)8-3-2-6(12)4-7(8)13/h2-4H,1H3,(H,17,18). The van der Waals surface area contributed by atoms with Crippen molar-refractivity contribution in [1.82, 2.24) is 9.78 Å². The number of hydrogen-bond donors (Lipinski definition) is 1. The second-order valence-electron chi connectivity index (χ2n) is 3.56. The lowest BCUT2D eigenvalue weighted by atomic mass is 10.3. The van der Waals surface area contributed by atoms with Gasteiger partial charge in [-0.15, -0.1) is 0 Å². The van der Waals surface area contributed by atoms with Crippen LogP contribution >= 0.6 is 34.8 Å². The molecule has 0 saturated carbocycles. The summed E-state index contributed by atoms with van der Waals surface area (Å²) >= 11 is 17.8. The highest BCUT2D eigenvalue weighted by Gasteiger charge is 2.21. The Balaban J connectivity index is 2.65. The molecule has 0 fully saturated rings. The molecule has 4 nitrogen and oxygen atoms in total. The van der Waals surface area contributed by atoms with E-state index in [1.54, 1.807) is 19.1 Å². The van der Waals surface area contributed by atoms with E-state index in [1.165, 1.54) is 10.7 Å². The third-order valence-electron chi connectivity index (χ3n) is 2.36. The van der Waals surface area contributed by atoms with Crippen LogP contribution in [-0.2, 0) is 0 Å². The first-order valence-corrected chi connectivity index (χ1v) is 5.99. The lowest BCUT2D eigenvalue weighted by Crippen LogP contribution is -1.99. The molecule has 1 heterocycles. The molecule has 0 radical (unpaired) electrons. The van der Waals surface area contributed by atoms with E-state index in [-0.39, 0.29) is 10.7 Å². The molecule has 2 aromatic rings. The molecule has 0 unspecified atom stereocenters. The second kappa shape index (κ2) is 4.80. The largest absolute Gasteiger partial charge is 0.478 e. The molecule has 1 N–H and O–H groups in total. The topological polar surface area (TPSA) is 55.1 Å². The van der Waals surface area contributed by atoms with Gasteiger partial charge < -0.3 is 5.11 Å². The van der Waals surface area contributed by atoms with E-state index in [4.69, 9.17) is 39.9 Å². The van der Waals surface area contributed by atoms with E-state index in [0.29, 0.717) is 21.4 Å². The number of nitrogens with zero attached hydrogens (tertiary/aromatic N) is 2. The average Bonchev–Trinajstić information content (AvgIpc) is 2.54. The smallest absolute Gasteiger partial charge is 0.340 e. The molecule has 0 aliphatic heterocycles. The molecular weight excluding hydrogens is 298 g/mol. The molecule has 0 saturated heterocycles. The van der Waals surface area contributed by atoms with Crippen LogP contribution in [0.25, 0.3) is 5.69 Å². The van der Waals surface area contributed by atoms with Crippen molar-refractivity contribution >= 4 is 40.8 Å². The molecule has 2 rings (SSSR count). The van der Waals surface area contributed by atoms with Gasteiger partial charge in [0.25, 0.3) is 0 Å². The molecule has 0 atom stereocenters. The summed E-state index contributed by atoms with van der Waals surface area (Å²) in [4.78, 5) is 11.0. The van der Waals surface area contributed by atoms with Gasteiger partial charge in [0.2, 0.25) is 0 Å². The average molecular weight is 306 g/mol. The molecule has 0 bridgehead atoms. The number of aromatic carboxylic acids is 1. The molecule has 1 aromatic carbocycles. The Hall–Kier alpha value is -1.23. The fourth-order valence-corrected chi connectivity index (χ4v) is 2.39. The number of halogens is 3. The number of benzene rings is 1. The maximum absolute atomic E-state index is 11.0. The van der Waals surface area contributed by atoms with Gasteiger partial charge in [-0.05, 0) is 25.1 Å². The zero-order chi connectivity index (χ0) is 13.4. The third kappa shape index (κ3) is 2.19. The molecule has 0 aliphatic rings. The van der Waals surface area contributed by atoms with Gasteiger partial charge in [0.15, 0.2) is 0 Å². The van der Waals surface area contributed by atoms with E-state index in [9.17, 15) is 4.79 Å². The van der Waals surface area contributed by atoms with Crippen molar-refractivity contribution in [2.75, 3.05) is 0 Å². The minimum absolute atomic E-state index is 0.00391. The highest BCUT2D eigenvalue weighted by molar-refractivity contribution is 6.36. The molecule has 1 aromatic heterocycles. The van der Waals surface area contributed by atoms with Crippen molar-refractivity contribution in [1.29, 1.82) is 0 Å². The summed E-state index contributed by atoms with van der Waals surface area (Å²) in [5.74, 6) is -1.13. The highest BCUT2D eigenvalue weighted by atomic mass is 35.5. The maximum Gasteiger partial charge on any atom is 0.340 e. The first kappa shape index (κ1) is 13.2. The minimum Gasteiger partial charge on any atom is -0.478 e.